The Hall–Kier alpha value is -0.610. The number of likely N-dealkylation sites (N-methyl/N-ethyl adjacent to an activating group) is 1. The monoisotopic (exact) mass is 227 g/mol. The maximum absolute atomic E-state index is 12.1. The molecular weight excluding hydrogens is 202 g/mol. The van der Waals surface area contributed by atoms with E-state index in [1.807, 2.05) is 4.90 Å². The molecule has 0 saturated carbocycles. The van der Waals surface area contributed by atoms with Crippen LogP contribution in [0.15, 0.2) is 0 Å². The molecule has 1 aliphatic rings. The van der Waals surface area contributed by atoms with Crippen LogP contribution in [0.2, 0.25) is 0 Å². The number of rotatable bonds is 3. The van der Waals surface area contributed by atoms with E-state index >= 15 is 0 Å². The first-order valence-electron chi connectivity index (χ1n) is 6.30. The highest BCUT2D eigenvalue weighted by atomic mass is 16.2. The second-order valence-corrected chi connectivity index (χ2v) is 4.89. The van der Waals surface area contributed by atoms with Crippen LogP contribution in [0.25, 0.3) is 0 Å². The van der Waals surface area contributed by atoms with Crippen LogP contribution in [-0.4, -0.2) is 54.5 Å². The molecule has 0 radical (unpaired) electrons. The van der Waals surface area contributed by atoms with E-state index in [1.165, 1.54) is 0 Å². The van der Waals surface area contributed by atoms with Crippen molar-refractivity contribution in [1.82, 2.24) is 9.80 Å². The van der Waals surface area contributed by atoms with Crippen molar-refractivity contribution < 1.29 is 4.79 Å². The standard InChI is InChI=1S/C12H25N3O/c1-4-6-11(13)12(16)15-8-5-7-14(3)9-10(15)2/h10-11H,4-9,13H2,1-3H3/t10?,11-/m0/s1. The zero-order valence-corrected chi connectivity index (χ0v) is 10.8. The van der Waals surface area contributed by atoms with Gasteiger partial charge in [0.2, 0.25) is 5.91 Å². The van der Waals surface area contributed by atoms with E-state index in [1.54, 1.807) is 0 Å². The topological polar surface area (TPSA) is 49.6 Å². The normalized spacial score (nSPS) is 25.2. The van der Waals surface area contributed by atoms with E-state index in [2.05, 4.69) is 25.8 Å². The summed E-state index contributed by atoms with van der Waals surface area (Å²) in [6.45, 7) is 7.04. The minimum Gasteiger partial charge on any atom is -0.337 e. The van der Waals surface area contributed by atoms with Crippen molar-refractivity contribution in [1.29, 1.82) is 0 Å². The van der Waals surface area contributed by atoms with Crippen LogP contribution in [0.4, 0.5) is 0 Å². The first-order chi connectivity index (χ1) is 7.56. The smallest absolute Gasteiger partial charge is 0.239 e. The lowest BCUT2D eigenvalue weighted by atomic mass is 10.1. The zero-order valence-electron chi connectivity index (χ0n) is 10.8. The van der Waals surface area contributed by atoms with Crippen LogP contribution in [0, 0.1) is 0 Å². The predicted octanol–water partition coefficient (Wildman–Crippen LogP) is 0.666. The first-order valence-corrected chi connectivity index (χ1v) is 6.30. The van der Waals surface area contributed by atoms with Gasteiger partial charge in [0, 0.05) is 19.1 Å². The predicted molar refractivity (Wildman–Crippen MR) is 66.2 cm³/mol. The highest BCUT2D eigenvalue weighted by Gasteiger charge is 2.27. The van der Waals surface area contributed by atoms with E-state index in [0.29, 0.717) is 0 Å². The Bertz CT molecular complexity index is 232. The van der Waals surface area contributed by atoms with Crippen LogP contribution in [-0.2, 0) is 4.79 Å². The second kappa shape index (κ2) is 6.21. The fourth-order valence-corrected chi connectivity index (χ4v) is 2.35. The van der Waals surface area contributed by atoms with Gasteiger partial charge in [0.05, 0.1) is 6.04 Å². The van der Waals surface area contributed by atoms with Gasteiger partial charge in [0.25, 0.3) is 0 Å². The summed E-state index contributed by atoms with van der Waals surface area (Å²) >= 11 is 0. The van der Waals surface area contributed by atoms with Gasteiger partial charge in [-0.1, -0.05) is 13.3 Å². The number of carbonyl (C=O) groups is 1. The first kappa shape index (κ1) is 13.5. The molecule has 0 bridgehead atoms. The number of hydrogen-bond acceptors (Lipinski definition) is 3. The van der Waals surface area contributed by atoms with Crippen molar-refractivity contribution in [2.75, 3.05) is 26.7 Å². The third kappa shape index (κ3) is 3.46. The van der Waals surface area contributed by atoms with Crippen LogP contribution in [0.5, 0.6) is 0 Å². The van der Waals surface area contributed by atoms with Crippen LogP contribution in [0.1, 0.15) is 33.1 Å². The summed E-state index contributed by atoms with van der Waals surface area (Å²) in [5.74, 6) is 0.129. The SMILES string of the molecule is CCC[C@H](N)C(=O)N1CCCN(C)CC1C. The third-order valence-electron chi connectivity index (χ3n) is 3.25. The Labute approximate surface area is 98.8 Å². The van der Waals surface area contributed by atoms with Gasteiger partial charge >= 0.3 is 0 Å². The molecule has 0 aliphatic carbocycles. The van der Waals surface area contributed by atoms with E-state index in [-0.39, 0.29) is 18.0 Å². The van der Waals surface area contributed by atoms with Crippen molar-refractivity contribution in [3.63, 3.8) is 0 Å². The average Bonchev–Trinajstić information content (AvgIpc) is 2.38. The molecule has 1 aliphatic heterocycles. The van der Waals surface area contributed by atoms with Crippen molar-refractivity contribution in [2.24, 2.45) is 5.73 Å². The molecule has 1 fully saturated rings. The minimum absolute atomic E-state index is 0.129. The molecule has 1 amide bonds. The Morgan fingerprint density at radius 1 is 1.50 bits per heavy atom. The van der Waals surface area contributed by atoms with Crippen LogP contribution >= 0.6 is 0 Å². The van der Waals surface area contributed by atoms with Crippen molar-refractivity contribution in [2.45, 2.75) is 45.2 Å². The summed E-state index contributed by atoms with van der Waals surface area (Å²) in [7, 11) is 2.11. The summed E-state index contributed by atoms with van der Waals surface area (Å²) in [6, 6.07) is -0.0289. The molecule has 0 aromatic rings. The summed E-state index contributed by atoms with van der Waals surface area (Å²) in [4.78, 5) is 16.4. The lowest BCUT2D eigenvalue weighted by molar-refractivity contribution is -0.134. The molecule has 1 saturated heterocycles. The number of hydrogen-bond donors (Lipinski definition) is 1. The third-order valence-corrected chi connectivity index (χ3v) is 3.25. The fourth-order valence-electron chi connectivity index (χ4n) is 2.35. The second-order valence-electron chi connectivity index (χ2n) is 4.89. The van der Waals surface area contributed by atoms with Gasteiger partial charge in [0.1, 0.15) is 0 Å². The van der Waals surface area contributed by atoms with Gasteiger partial charge in [-0.05, 0) is 33.4 Å². The van der Waals surface area contributed by atoms with Gasteiger partial charge < -0.3 is 15.5 Å². The molecule has 4 nitrogen and oxygen atoms in total. The van der Waals surface area contributed by atoms with Gasteiger partial charge in [-0.25, -0.2) is 0 Å². The highest BCUT2D eigenvalue weighted by Crippen LogP contribution is 2.11. The fraction of sp³-hybridized carbons (Fsp3) is 0.917. The van der Waals surface area contributed by atoms with Gasteiger partial charge in [-0.15, -0.1) is 0 Å². The van der Waals surface area contributed by atoms with Gasteiger partial charge in [0.15, 0.2) is 0 Å². The maximum atomic E-state index is 12.1. The average molecular weight is 227 g/mol. The van der Waals surface area contributed by atoms with Crippen molar-refractivity contribution in [3.05, 3.63) is 0 Å². The minimum atomic E-state index is -0.309. The molecule has 94 valence electrons. The maximum Gasteiger partial charge on any atom is 0.239 e. The largest absolute Gasteiger partial charge is 0.337 e. The molecular formula is C12H25N3O. The summed E-state index contributed by atoms with van der Waals surface area (Å²) in [5.41, 5.74) is 5.90. The lowest BCUT2D eigenvalue weighted by Gasteiger charge is -2.30. The van der Waals surface area contributed by atoms with Crippen LogP contribution < -0.4 is 5.73 Å². The molecule has 16 heavy (non-hydrogen) atoms. The number of nitrogens with two attached hydrogens (primary N) is 1. The molecule has 0 spiro atoms. The lowest BCUT2D eigenvalue weighted by Crippen LogP contribution is -2.49. The Balaban J connectivity index is 2.59. The highest BCUT2D eigenvalue weighted by molar-refractivity contribution is 5.81. The molecule has 1 unspecified atom stereocenters. The van der Waals surface area contributed by atoms with E-state index < -0.39 is 0 Å². The number of nitrogens with zero attached hydrogens (tertiary/aromatic N) is 2. The van der Waals surface area contributed by atoms with Gasteiger partial charge in [-0.3, -0.25) is 4.79 Å². The van der Waals surface area contributed by atoms with E-state index in [9.17, 15) is 4.79 Å². The zero-order chi connectivity index (χ0) is 12.1. The number of carbonyl (C=O) groups excluding carboxylic acids is 1. The summed E-state index contributed by atoms with van der Waals surface area (Å²) in [5, 5.41) is 0. The molecule has 1 heterocycles. The van der Waals surface area contributed by atoms with E-state index in [4.69, 9.17) is 5.73 Å². The molecule has 2 N–H and O–H groups in total. The number of amides is 1. The molecule has 2 atom stereocenters. The Morgan fingerprint density at radius 3 is 2.81 bits per heavy atom. The summed E-state index contributed by atoms with van der Waals surface area (Å²) in [6.07, 6.45) is 2.80. The Morgan fingerprint density at radius 2 is 2.19 bits per heavy atom. The van der Waals surface area contributed by atoms with E-state index in [0.717, 1.165) is 38.9 Å². The van der Waals surface area contributed by atoms with Crippen molar-refractivity contribution in [3.8, 4) is 0 Å². The van der Waals surface area contributed by atoms with Crippen LogP contribution in [0.3, 0.4) is 0 Å². The molecule has 0 aromatic heterocycles. The Kier molecular flexibility index (Phi) is 5.22. The molecule has 0 aromatic carbocycles. The van der Waals surface area contributed by atoms with Gasteiger partial charge in [-0.2, -0.15) is 0 Å². The molecule has 4 heteroatoms. The summed E-state index contributed by atoms with van der Waals surface area (Å²) < 4.78 is 0. The van der Waals surface area contributed by atoms with Crippen molar-refractivity contribution >= 4 is 5.91 Å². The molecule has 1 rings (SSSR count). The quantitative estimate of drug-likeness (QED) is 0.771.